The Morgan fingerprint density at radius 1 is 0.289 bits per heavy atom. The number of hydrogen-bond donors (Lipinski definition) is 23. The molecule has 0 bridgehead atoms. The fourth-order valence-corrected chi connectivity index (χ4v) is 11.5. The maximum Gasteiger partial charge on any atom is 0.217 e. The van der Waals surface area contributed by atoms with Gasteiger partial charge in [-0.05, 0) is 0 Å². The summed E-state index contributed by atoms with van der Waals surface area (Å²) in [5.74, 6) is -3.27. The smallest absolute Gasteiger partial charge is 0.217 e. The molecule has 23 N–H and O–H groups in total. The van der Waals surface area contributed by atoms with Crippen LogP contribution in [0.2, 0.25) is 0 Å². The molecule has 40 heteroatoms. The van der Waals surface area contributed by atoms with Gasteiger partial charge in [0, 0.05) is 27.7 Å². The Bertz CT molecular complexity index is 2310. The third-order valence-electron chi connectivity index (χ3n) is 16.1. The van der Waals surface area contributed by atoms with Gasteiger partial charge in [0.15, 0.2) is 44.0 Å². The van der Waals surface area contributed by atoms with Gasteiger partial charge < -0.3 is 180 Å². The topological polar surface area (TPSA) is 621 Å². The van der Waals surface area contributed by atoms with Gasteiger partial charge in [0.25, 0.3) is 0 Å². The van der Waals surface area contributed by atoms with Gasteiger partial charge in [-0.15, -0.1) is 0 Å². The monoisotopic (exact) mass is 1320 g/mol. The molecule has 7 rings (SSSR count). The van der Waals surface area contributed by atoms with Crippen molar-refractivity contribution in [1.29, 1.82) is 0 Å². The predicted octanol–water partition coefficient (Wildman–Crippen LogP) is -15.7. The second-order valence-corrected chi connectivity index (χ2v) is 22.5. The standard InChI is InChI=1S/C50H84N4O36/c1-12(61)51-23-31(69)27(65)16(5-55)80-46(23)86-41-21(10-60)85-49(37(75)35(41)73)88-39-19(8-58)83-45(24(32(39)70)52-13(2)62)78-11-22-30(68)42(26(44(77)79-22)54-15(4)64)89-50-38(76)43(29(67)18(7-57)82-50)90-47-25(53-14(3)63)33(71)40(20(9-59)84-47)87-48-36(74)34(72)28(66)17(6-56)81-48/h16-50,55-60,65-77H,5-11H2,1-4H3,(H,51,61)(H,52,62)(H,53,63)(H,54,64)/t16-,17-,18-,19-,20-,21-,22-,23-,24-,25-,26-,27-,28+,29+,30+,31-,32-,33-,34+,35-,36-,37-,38-,39-,40-,41+,42-,43+,44+,45-,46-,47+,48+,49+,50+/m1/s1. The molecule has 7 fully saturated rings. The van der Waals surface area contributed by atoms with Crippen molar-refractivity contribution < 1.29 is 178 Å². The van der Waals surface area contributed by atoms with E-state index in [0.717, 1.165) is 27.7 Å². The molecule has 7 heterocycles. The molecule has 4 amide bonds. The summed E-state index contributed by atoms with van der Waals surface area (Å²) in [6, 6.07) is -6.80. The zero-order chi connectivity index (χ0) is 66.5. The zero-order valence-corrected chi connectivity index (χ0v) is 48.6. The SMILES string of the molecule is CC(=O)N[C@@H]1[C@@H](O[C@@H]2O[C@H](CO)[C@H](O)[C@H](O[C@@H]3O[C@H](CO)[C@@H](O[C@@H]4O[C@H](CO)[C@H](O)[C@H](O)[C@H]4O)[C@H](O)[C@H]3NC(C)=O)[C@H]2O)[C@@H](O)[C@@H](CO[C@@H]2O[C@H](CO)[C@@H](O[C@@H]3O[C@H](CO)[C@H](O[C@H]4O[C@H](CO)[C@@H](O)[C@H](O)[C@H]4NC(C)=O)[C@H](O)[C@H]3O)[C@H](O)[C@H]2NC(C)=O)O[C@@H]1O. The molecule has 90 heavy (non-hydrogen) atoms. The average molecular weight is 1320 g/mol. The second-order valence-electron chi connectivity index (χ2n) is 22.5. The van der Waals surface area contributed by atoms with Crippen LogP contribution in [0.15, 0.2) is 0 Å². The molecule has 35 atom stereocenters. The fraction of sp³-hybridized carbons (Fsp3) is 0.920. The Morgan fingerprint density at radius 3 is 1.07 bits per heavy atom. The van der Waals surface area contributed by atoms with Crippen molar-refractivity contribution in [2.45, 2.75) is 242 Å². The quantitative estimate of drug-likeness (QED) is 0.0452. The van der Waals surface area contributed by atoms with Crippen LogP contribution < -0.4 is 21.3 Å². The number of ether oxygens (including phenoxy) is 13. The van der Waals surface area contributed by atoms with E-state index in [1.165, 1.54) is 0 Å². The molecule has 0 aliphatic carbocycles. The summed E-state index contributed by atoms with van der Waals surface area (Å²) < 4.78 is 75.1. The van der Waals surface area contributed by atoms with E-state index in [1.807, 2.05) is 0 Å². The molecule has 520 valence electrons. The van der Waals surface area contributed by atoms with Crippen LogP contribution >= 0.6 is 0 Å². The lowest BCUT2D eigenvalue weighted by atomic mass is 9.94. The first kappa shape index (κ1) is 74.0. The molecule has 0 aromatic carbocycles. The minimum absolute atomic E-state index is 0.732. The molecule has 0 aromatic rings. The van der Waals surface area contributed by atoms with Gasteiger partial charge in [0.2, 0.25) is 23.6 Å². The zero-order valence-electron chi connectivity index (χ0n) is 48.6. The van der Waals surface area contributed by atoms with E-state index in [1.54, 1.807) is 0 Å². The lowest BCUT2D eigenvalue weighted by Gasteiger charge is -2.50. The van der Waals surface area contributed by atoms with Gasteiger partial charge in [-0.2, -0.15) is 0 Å². The van der Waals surface area contributed by atoms with Gasteiger partial charge in [-0.25, -0.2) is 0 Å². The van der Waals surface area contributed by atoms with Crippen molar-refractivity contribution in [3.63, 3.8) is 0 Å². The minimum Gasteiger partial charge on any atom is -0.394 e. The number of carbonyl (C=O) groups is 4. The lowest BCUT2D eigenvalue weighted by molar-refractivity contribution is -0.377. The highest BCUT2D eigenvalue weighted by Crippen LogP contribution is 2.37. The van der Waals surface area contributed by atoms with Crippen molar-refractivity contribution in [1.82, 2.24) is 21.3 Å². The first-order chi connectivity index (χ1) is 42.5. The van der Waals surface area contributed by atoms with Gasteiger partial charge in [-0.3, -0.25) is 19.2 Å². The predicted molar refractivity (Wildman–Crippen MR) is 278 cm³/mol. The second kappa shape index (κ2) is 32.4. The molecular formula is C50H84N4O36. The summed E-state index contributed by atoms with van der Waals surface area (Å²) in [5, 5.41) is 216. The van der Waals surface area contributed by atoms with E-state index in [4.69, 9.17) is 61.6 Å². The highest BCUT2D eigenvalue weighted by Gasteiger charge is 2.59. The third-order valence-corrected chi connectivity index (χ3v) is 16.1. The Balaban J connectivity index is 1.05. The summed E-state index contributed by atoms with van der Waals surface area (Å²) in [7, 11) is 0. The molecule has 40 nitrogen and oxygen atoms in total. The van der Waals surface area contributed by atoms with E-state index >= 15 is 0 Å². The van der Waals surface area contributed by atoms with Crippen LogP contribution in [0.5, 0.6) is 0 Å². The molecule has 7 aliphatic rings. The Hall–Kier alpha value is -3.40. The van der Waals surface area contributed by atoms with Crippen LogP contribution in [0.25, 0.3) is 0 Å². The van der Waals surface area contributed by atoms with Crippen LogP contribution in [0.4, 0.5) is 0 Å². The van der Waals surface area contributed by atoms with E-state index in [2.05, 4.69) is 21.3 Å². The van der Waals surface area contributed by atoms with E-state index in [9.17, 15) is 116 Å². The summed E-state index contributed by atoms with van der Waals surface area (Å²) in [6.07, 6.45) is -58.8. The van der Waals surface area contributed by atoms with Gasteiger partial charge in [0.05, 0.1) is 46.2 Å². The number of nitrogens with one attached hydrogen (secondary N) is 4. The molecule has 0 unspecified atom stereocenters. The summed E-state index contributed by atoms with van der Waals surface area (Å²) in [6.45, 7) is -2.67. The third kappa shape index (κ3) is 16.4. The highest BCUT2D eigenvalue weighted by atomic mass is 16.8. The molecule has 7 saturated heterocycles. The van der Waals surface area contributed by atoms with Crippen molar-refractivity contribution in [2.75, 3.05) is 46.2 Å². The molecular weight excluding hydrogens is 1230 g/mol. The van der Waals surface area contributed by atoms with Gasteiger partial charge in [-0.1, -0.05) is 0 Å². The van der Waals surface area contributed by atoms with Crippen molar-refractivity contribution in [3.8, 4) is 0 Å². The number of amides is 4. The van der Waals surface area contributed by atoms with E-state index in [0.29, 0.717) is 0 Å². The Morgan fingerprint density at radius 2 is 0.600 bits per heavy atom. The van der Waals surface area contributed by atoms with E-state index in [-0.39, 0.29) is 0 Å². The van der Waals surface area contributed by atoms with Crippen LogP contribution in [0, 0.1) is 0 Å². The largest absolute Gasteiger partial charge is 0.394 e. The number of aliphatic hydroxyl groups excluding tert-OH is 19. The van der Waals surface area contributed by atoms with E-state index < -0.39 is 285 Å². The summed E-state index contributed by atoms with van der Waals surface area (Å²) >= 11 is 0. The van der Waals surface area contributed by atoms with Crippen molar-refractivity contribution >= 4 is 23.6 Å². The van der Waals surface area contributed by atoms with Crippen LogP contribution in [-0.2, 0) is 80.8 Å². The number of carbonyl (C=O) groups excluding carboxylic acids is 4. The van der Waals surface area contributed by atoms with Crippen LogP contribution in [0.3, 0.4) is 0 Å². The molecule has 0 saturated carbocycles. The minimum atomic E-state index is -2.27. The van der Waals surface area contributed by atoms with Crippen molar-refractivity contribution in [2.24, 2.45) is 0 Å². The normalized spacial score (nSPS) is 47.6. The highest BCUT2D eigenvalue weighted by molar-refractivity contribution is 5.74. The first-order valence-electron chi connectivity index (χ1n) is 28.6. The lowest BCUT2D eigenvalue weighted by Crippen LogP contribution is -2.70. The summed E-state index contributed by atoms with van der Waals surface area (Å²) in [4.78, 5) is 49.8. The molecule has 0 spiro atoms. The average Bonchev–Trinajstić information content (AvgIpc) is 0.832. The molecule has 7 aliphatic heterocycles. The fourth-order valence-electron chi connectivity index (χ4n) is 11.5. The number of aliphatic hydroxyl groups is 19. The summed E-state index contributed by atoms with van der Waals surface area (Å²) in [5.41, 5.74) is 0. The first-order valence-corrected chi connectivity index (χ1v) is 28.6. The van der Waals surface area contributed by atoms with Crippen LogP contribution in [0.1, 0.15) is 27.7 Å². The number of rotatable bonds is 23. The van der Waals surface area contributed by atoms with Crippen LogP contribution in [-0.4, -0.2) is 382 Å². The molecule has 0 aromatic heterocycles. The molecule has 0 radical (unpaired) electrons. The van der Waals surface area contributed by atoms with Gasteiger partial charge >= 0.3 is 0 Å². The van der Waals surface area contributed by atoms with Crippen molar-refractivity contribution in [3.05, 3.63) is 0 Å². The number of hydrogen-bond acceptors (Lipinski definition) is 36. The Kier molecular flexibility index (Phi) is 26.6. The maximum absolute atomic E-state index is 12.7. The van der Waals surface area contributed by atoms with Gasteiger partial charge in [0.1, 0.15) is 171 Å². The maximum atomic E-state index is 12.7. The Labute approximate surface area is 510 Å².